The molecule has 0 bridgehead atoms. The van der Waals surface area contributed by atoms with Gasteiger partial charge in [0.25, 0.3) is 0 Å². The maximum atomic E-state index is 5.69. The second-order valence-corrected chi connectivity index (χ2v) is 5.08. The molecule has 1 saturated carbocycles. The molecular weight excluding hydrogens is 208 g/mol. The highest BCUT2D eigenvalue weighted by molar-refractivity contribution is 5.23. The molecule has 1 aliphatic rings. The van der Waals surface area contributed by atoms with Gasteiger partial charge in [0, 0.05) is 19.1 Å². The highest BCUT2D eigenvalue weighted by Crippen LogP contribution is 2.28. The fourth-order valence-corrected chi connectivity index (χ4v) is 2.28. The molecule has 0 aromatic heterocycles. The van der Waals surface area contributed by atoms with E-state index < -0.39 is 0 Å². The molecule has 17 heavy (non-hydrogen) atoms. The molecule has 0 atom stereocenters. The Labute approximate surface area is 105 Å². The zero-order chi connectivity index (χ0) is 12.1. The van der Waals surface area contributed by atoms with E-state index in [-0.39, 0.29) is 0 Å². The van der Waals surface area contributed by atoms with Gasteiger partial charge in [-0.1, -0.05) is 37.6 Å². The minimum Gasteiger partial charge on any atom is -0.326 e. The molecule has 2 nitrogen and oxygen atoms in total. The molecule has 2 heteroatoms. The van der Waals surface area contributed by atoms with Crippen LogP contribution < -0.4 is 5.73 Å². The molecule has 1 aliphatic carbocycles. The summed E-state index contributed by atoms with van der Waals surface area (Å²) in [7, 11) is 0. The first-order valence-electron chi connectivity index (χ1n) is 6.85. The average Bonchev–Trinajstić information content (AvgIpc) is 3.19. The number of nitrogens with zero attached hydrogens (tertiary/aromatic N) is 1. The first-order chi connectivity index (χ1) is 8.33. The summed E-state index contributed by atoms with van der Waals surface area (Å²) in [6.45, 7) is 5.25. The van der Waals surface area contributed by atoms with Gasteiger partial charge >= 0.3 is 0 Å². The van der Waals surface area contributed by atoms with Crippen molar-refractivity contribution < 1.29 is 0 Å². The van der Waals surface area contributed by atoms with E-state index in [0.717, 1.165) is 12.6 Å². The molecule has 0 heterocycles. The molecule has 0 amide bonds. The van der Waals surface area contributed by atoms with Gasteiger partial charge in [-0.15, -0.1) is 0 Å². The van der Waals surface area contributed by atoms with Crippen LogP contribution >= 0.6 is 0 Å². The topological polar surface area (TPSA) is 29.3 Å². The second kappa shape index (κ2) is 6.18. The lowest BCUT2D eigenvalue weighted by Gasteiger charge is -2.22. The summed E-state index contributed by atoms with van der Waals surface area (Å²) in [5.74, 6) is 0. The summed E-state index contributed by atoms with van der Waals surface area (Å²) in [5, 5.41) is 0. The van der Waals surface area contributed by atoms with E-state index in [1.54, 1.807) is 0 Å². The molecular formula is C15H24N2. The van der Waals surface area contributed by atoms with Gasteiger partial charge in [0.2, 0.25) is 0 Å². The minimum absolute atomic E-state index is 0.645. The molecule has 1 aromatic rings. The van der Waals surface area contributed by atoms with Crippen LogP contribution in [-0.4, -0.2) is 17.5 Å². The highest BCUT2D eigenvalue weighted by Gasteiger charge is 2.28. The Hall–Kier alpha value is -0.860. The third-order valence-corrected chi connectivity index (χ3v) is 3.47. The first-order valence-corrected chi connectivity index (χ1v) is 6.85. The largest absolute Gasteiger partial charge is 0.326 e. The Morgan fingerprint density at radius 2 is 2.06 bits per heavy atom. The molecule has 0 unspecified atom stereocenters. The van der Waals surface area contributed by atoms with Gasteiger partial charge in [-0.05, 0) is 36.9 Å². The molecule has 0 saturated heterocycles. The molecule has 1 fully saturated rings. The third kappa shape index (κ3) is 3.83. The number of hydrogen-bond acceptors (Lipinski definition) is 2. The molecule has 0 spiro atoms. The van der Waals surface area contributed by atoms with Crippen LogP contribution in [0.15, 0.2) is 24.3 Å². The van der Waals surface area contributed by atoms with Gasteiger partial charge in [0.05, 0.1) is 0 Å². The fraction of sp³-hybridized carbons (Fsp3) is 0.600. The van der Waals surface area contributed by atoms with E-state index in [4.69, 9.17) is 5.73 Å². The number of hydrogen-bond donors (Lipinski definition) is 1. The predicted octanol–water partition coefficient (Wildman–Crippen LogP) is 2.91. The van der Waals surface area contributed by atoms with Crippen LogP contribution in [0.25, 0.3) is 0 Å². The summed E-state index contributed by atoms with van der Waals surface area (Å²) < 4.78 is 0. The number of unbranched alkanes of at least 4 members (excludes halogenated alkanes) is 1. The zero-order valence-electron chi connectivity index (χ0n) is 10.9. The quantitative estimate of drug-likeness (QED) is 0.783. The lowest BCUT2D eigenvalue weighted by Crippen LogP contribution is -2.26. The lowest BCUT2D eigenvalue weighted by atomic mass is 10.1. The van der Waals surface area contributed by atoms with E-state index >= 15 is 0 Å². The summed E-state index contributed by atoms with van der Waals surface area (Å²) >= 11 is 0. The molecule has 2 rings (SSSR count). The van der Waals surface area contributed by atoms with Crippen molar-refractivity contribution in [2.24, 2.45) is 5.73 Å². The molecule has 0 aliphatic heterocycles. The monoisotopic (exact) mass is 232 g/mol. The van der Waals surface area contributed by atoms with Crippen molar-refractivity contribution in [2.75, 3.05) is 6.54 Å². The van der Waals surface area contributed by atoms with Crippen LogP contribution in [0.3, 0.4) is 0 Å². The van der Waals surface area contributed by atoms with Crippen LogP contribution in [-0.2, 0) is 13.1 Å². The van der Waals surface area contributed by atoms with Crippen molar-refractivity contribution in [3.05, 3.63) is 35.4 Å². The van der Waals surface area contributed by atoms with Crippen molar-refractivity contribution in [2.45, 2.75) is 51.7 Å². The van der Waals surface area contributed by atoms with Crippen LogP contribution in [0.4, 0.5) is 0 Å². The Bertz CT molecular complexity index is 345. The number of rotatable bonds is 7. The van der Waals surface area contributed by atoms with E-state index in [1.165, 1.54) is 43.4 Å². The second-order valence-electron chi connectivity index (χ2n) is 5.08. The van der Waals surface area contributed by atoms with Crippen molar-refractivity contribution in [1.29, 1.82) is 0 Å². The van der Waals surface area contributed by atoms with E-state index in [2.05, 4.69) is 36.1 Å². The Morgan fingerprint density at radius 3 is 2.71 bits per heavy atom. The van der Waals surface area contributed by atoms with E-state index in [1.807, 2.05) is 0 Å². The molecule has 2 N–H and O–H groups in total. The maximum Gasteiger partial charge on any atom is 0.0236 e. The fourth-order valence-electron chi connectivity index (χ4n) is 2.28. The lowest BCUT2D eigenvalue weighted by molar-refractivity contribution is 0.250. The van der Waals surface area contributed by atoms with Crippen LogP contribution in [0.1, 0.15) is 43.7 Å². The zero-order valence-corrected chi connectivity index (χ0v) is 10.9. The minimum atomic E-state index is 0.645. The van der Waals surface area contributed by atoms with Gasteiger partial charge in [0.15, 0.2) is 0 Å². The summed E-state index contributed by atoms with van der Waals surface area (Å²) in [4.78, 5) is 2.64. The van der Waals surface area contributed by atoms with Gasteiger partial charge in [-0.2, -0.15) is 0 Å². The van der Waals surface area contributed by atoms with Crippen molar-refractivity contribution in [3.63, 3.8) is 0 Å². The van der Waals surface area contributed by atoms with E-state index in [9.17, 15) is 0 Å². The summed E-state index contributed by atoms with van der Waals surface area (Å²) in [6.07, 6.45) is 5.37. The normalized spacial score (nSPS) is 15.5. The van der Waals surface area contributed by atoms with Gasteiger partial charge in [-0.25, -0.2) is 0 Å². The Balaban J connectivity index is 1.95. The van der Waals surface area contributed by atoms with Crippen LogP contribution in [0.2, 0.25) is 0 Å². The standard InChI is InChI=1S/C15H24N2/c1-2-3-9-17(15-7-8-15)12-14-6-4-5-13(10-14)11-16/h4-6,10,15H,2-3,7-9,11-12,16H2,1H3. The SMILES string of the molecule is CCCCN(Cc1cccc(CN)c1)C1CC1. The third-order valence-electron chi connectivity index (χ3n) is 3.47. The van der Waals surface area contributed by atoms with Crippen molar-refractivity contribution >= 4 is 0 Å². The van der Waals surface area contributed by atoms with Gasteiger partial charge in [0.1, 0.15) is 0 Å². The molecule has 1 aromatic carbocycles. The summed E-state index contributed by atoms with van der Waals surface area (Å²) in [6, 6.07) is 9.56. The average molecular weight is 232 g/mol. The number of nitrogens with two attached hydrogens (primary N) is 1. The van der Waals surface area contributed by atoms with Crippen molar-refractivity contribution in [1.82, 2.24) is 4.90 Å². The van der Waals surface area contributed by atoms with Gasteiger partial charge < -0.3 is 5.73 Å². The maximum absolute atomic E-state index is 5.69. The number of benzene rings is 1. The molecule has 0 radical (unpaired) electrons. The Kier molecular flexibility index (Phi) is 4.57. The first kappa shape index (κ1) is 12.6. The summed E-state index contributed by atoms with van der Waals surface area (Å²) in [5.41, 5.74) is 8.35. The highest BCUT2D eigenvalue weighted by atomic mass is 15.2. The molecule has 94 valence electrons. The van der Waals surface area contributed by atoms with E-state index in [0.29, 0.717) is 6.54 Å². The van der Waals surface area contributed by atoms with Gasteiger partial charge in [-0.3, -0.25) is 4.90 Å². The van der Waals surface area contributed by atoms with Crippen LogP contribution in [0, 0.1) is 0 Å². The predicted molar refractivity (Wildman–Crippen MR) is 72.7 cm³/mol. The van der Waals surface area contributed by atoms with Crippen molar-refractivity contribution in [3.8, 4) is 0 Å². The smallest absolute Gasteiger partial charge is 0.0236 e. The van der Waals surface area contributed by atoms with Crippen LogP contribution in [0.5, 0.6) is 0 Å². The Morgan fingerprint density at radius 1 is 1.29 bits per heavy atom.